The number of halogens is 1. The molecule has 1 aliphatic carbocycles. The number of aryl methyl sites for hydroxylation is 3. The molecule has 25 heavy (non-hydrogen) atoms. The molecule has 0 radical (unpaired) electrons. The van der Waals surface area contributed by atoms with E-state index >= 15 is 0 Å². The summed E-state index contributed by atoms with van der Waals surface area (Å²) in [6.07, 6.45) is 4.86. The van der Waals surface area contributed by atoms with Gasteiger partial charge < -0.3 is 14.7 Å². The monoisotopic (exact) mass is 476 g/mol. The smallest absolute Gasteiger partial charge is 0.223 e. The molecular formula is C16H25IN6OS. The van der Waals surface area contributed by atoms with Gasteiger partial charge in [0.15, 0.2) is 11.8 Å². The summed E-state index contributed by atoms with van der Waals surface area (Å²) in [5, 5.41) is 8.35. The predicted molar refractivity (Wildman–Crippen MR) is 109 cm³/mol. The molecule has 0 saturated carbocycles. The van der Waals surface area contributed by atoms with Crippen molar-refractivity contribution in [3.8, 4) is 0 Å². The maximum Gasteiger partial charge on any atom is 0.223 e. The largest absolute Gasteiger partial charge is 0.357 e. The third-order valence-corrected chi connectivity index (χ3v) is 5.04. The number of aliphatic imine (C=N–C) groups is 1. The van der Waals surface area contributed by atoms with Crippen LogP contribution >= 0.6 is 35.3 Å². The van der Waals surface area contributed by atoms with Crippen LogP contribution in [0.5, 0.6) is 0 Å². The number of nitrogens with one attached hydrogen (secondary N) is 1. The van der Waals surface area contributed by atoms with Gasteiger partial charge in [-0.05, 0) is 32.6 Å². The minimum atomic E-state index is 0. The summed E-state index contributed by atoms with van der Waals surface area (Å²) in [6, 6.07) is 0. The third-order valence-electron chi connectivity index (χ3n) is 3.90. The van der Waals surface area contributed by atoms with Crippen molar-refractivity contribution in [2.24, 2.45) is 4.99 Å². The fourth-order valence-corrected chi connectivity index (χ4v) is 3.98. The number of fused-ring (bicyclic) bond motifs is 1. The van der Waals surface area contributed by atoms with Crippen LogP contribution in [0.1, 0.15) is 47.1 Å². The fourth-order valence-electron chi connectivity index (χ4n) is 2.77. The zero-order chi connectivity index (χ0) is 16.9. The molecule has 138 valence electrons. The maximum atomic E-state index is 4.99. The lowest BCUT2D eigenvalue weighted by molar-refractivity contribution is 0.387. The quantitative estimate of drug-likeness (QED) is 0.406. The first kappa shape index (κ1) is 20.1. The Kier molecular flexibility index (Phi) is 7.60. The second kappa shape index (κ2) is 9.46. The molecule has 0 unspecified atom stereocenters. The van der Waals surface area contributed by atoms with Crippen LogP contribution in [0.4, 0.5) is 0 Å². The number of hydrogen-bond acceptors (Lipinski definition) is 6. The highest BCUT2D eigenvalue weighted by Crippen LogP contribution is 2.27. The Bertz CT molecular complexity index is 690. The van der Waals surface area contributed by atoms with Crippen molar-refractivity contribution in [3.05, 3.63) is 27.3 Å². The van der Waals surface area contributed by atoms with Crippen LogP contribution in [0, 0.1) is 6.92 Å². The summed E-state index contributed by atoms with van der Waals surface area (Å²) in [7, 11) is 2.03. The number of guanidine groups is 1. The van der Waals surface area contributed by atoms with Crippen molar-refractivity contribution in [3.63, 3.8) is 0 Å². The van der Waals surface area contributed by atoms with Gasteiger partial charge in [0.25, 0.3) is 0 Å². The van der Waals surface area contributed by atoms with Crippen LogP contribution in [-0.2, 0) is 25.9 Å². The molecule has 7 nitrogen and oxygen atoms in total. The van der Waals surface area contributed by atoms with Crippen LogP contribution in [0.25, 0.3) is 0 Å². The van der Waals surface area contributed by atoms with Gasteiger partial charge in [0.05, 0.1) is 12.2 Å². The van der Waals surface area contributed by atoms with E-state index in [1.54, 1.807) is 6.92 Å². The molecule has 2 heterocycles. The zero-order valence-electron chi connectivity index (χ0n) is 14.9. The first-order chi connectivity index (χ1) is 11.7. The number of aromatic nitrogens is 3. The lowest BCUT2D eigenvalue weighted by atomic mass is 10.0. The fraction of sp³-hybridized carbons (Fsp3) is 0.625. The SMILES string of the molecule is CCNC(=NCc1noc(C)n1)N(C)Cc1nc2c(s1)CCCC2.I. The second-order valence-electron chi connectivity index (χ2n) is 5.94. The number of hydrogen-bond donors (Lipinski definition) is 1. The Balaban J connectivity index is 0.00000225. The van der Waals surface area contributed by atoms with Crippen molar-refractivity contribution < 1.29 is 4.52 Å². The average molecular weight is 476 g/mol. The third kappa shape index (κ3) is 5.37. The summed E-state index contributed by atoms with van der Waals surface area (Å²) in [4.78, 5) is 17.2. The molecular weight excluding hydrogens is 451 g/mol. The van der Waals surface area contributed by atoms with E-state index in [1.165, 1.54) is 29.8 Å². The van der Waals surface area contributed by atoms with Crippen LogP contribution in [0.3, 0.4) is 0 Å². The Morgan fingerprint density at radius 1 is 1.32 bits per heavy atom. The first-order valence-electron chi connectivity index (χ1n) is 8.41. The molecule has 0 bridgehead atoms. The van der Waals surface area contributed by atoms with Crippen LogP contribution in [0.15, 0.2) is 9.52 Å². The lowest BCUT2D eigenvalue weighted by Crippen LogP contribution is -2.38. The van der Waals surface area contributed by atoms with Gasteiger partial charge >= 0.3 is 0 Å². The number of nitrogens with zero attached hydrogens (tertiary/aromatic N) is 5. The molecule has 1 N–H and O–H groups in total. The summed E-state index contributed by atoms with van der Waals surface area (Å²) >= 11 is 1.84. The molecule has 0 aromatic carbocycles. The molecule has 3 rings (SSSR count). The molecule has 1 aliphatic rings. The van der Waals surface area contributed by atoms with E-state index in [2.05, 4.69) is 32.3 Å². The standard InChI is InChI=1S/C16H24N6OS.HI/c1-4-17-16(18-9-14-19-11(2)23-21-14)22(3)10-15-20-12-7-5-6-8-13(12)24-15;/h4-10H2,1-3H3,(H,17,18);1H. The van der Waals surface area contributed by atoms with E-state index in [1.807, 2.05) is 18.4 Å². The van der Waals surface area contributed by atoms with E-state index in [9.17, 15) is 0 Å². The summed E-state index contributed by atoms with van der Waals surface area (Å²) < 4.78 is 4.99. The maximum absolute atomic E-state index is 4.99. The van der Waals surface area contributed by atoms with E-state index in [0.29, 0.717) is 18.3 Å². The van der Waals surface area contributed by atoms with Gasteiger partial charge in [-0.25, -0.2) is 9.98 Å². The summed E-state index contributed by atoms with van der Waals surface area (Å²) in [6.45, 7) is 5.81. The minimum Gasteiger partial charge on any atom is -0.357 e. The molecule has 2 aromatic rings. The van der Waals surface area contributed by atoms with Crippen molar-refractivity contribution in [2.45, 2.75) is 52.6 Å². The van der Waals surface area contributed by atoms with E-state index in [-0.39, 0.29) is 24.0 Å². The Morgan fingerprint density at radius 3 is 2.80 bits per heavy atom. The van der Waals surface area contributed by atoms with Crippen LogP contribution < -0.4 is 5.32 Å². The van der Waals surface area contributed by atoms with Gasteiger partial charge in [0.1, 0.15) is 11.6 Å². The van der Waals surface area contributed by atoms with Crippen molar-refractivity contribution >= 4 is 41.3 Å². The van der Waals surface area contributed by atoms with Crippen molar-refractivity contribution in [2.75, 3.05) is 13.6 Å². The van der Waals surface area contributed by atoms with Gasteiger partial charge in [0.2, 0.25) is 5.89 Å². The average Bonchev–Trinajstić information content (AvgIpc) is 3.16. The molecule has 0 aliphatic heterocycles. The highest BCUT2D eigenvalue weighted by atomic mass is 127. The predicted octanol–water partition coefficient (Wildman–Crippen LogP) is 2.93. The molecule has 0 spiro atoms. The number of rotatable bonds is 5. The molecule has 0 amide bonds. The van der Waals surface area contributed by atoms with E-state index in [4.69, 9.17) is 9.51 Å². The highest BCUT2D eigenvalue weighted by Gasteiger charge is 2.17. The number of thiazole rings is 1. The topological polar surface area (TPSA) is 79.4 Å². The Labute approximate surface area is 169 Å². The van der Waals surface area contributed by atoms with Gasteiger partial charge in [-0.3, -0.25) is 0 Å². The molecule has 0 saturated heterocycles. The first-order valence-corrected chi connectivity index (χ1v) is 9.23. The normalized spacial score (nSPS) is 14.0. The molecule has 2 aromatic heterocycles. The molecule has 9 heteroatoms. The van der Waals surface area contributed by atoms with Crippen LogP contribution in [0.2, 0.25) is 0 Å². The second-order valence-corrected chi connectivity index (χ2v) is 7.11. The molecule has 0 fully saturated rings. The minimum absolute atomic E-state index is 0. The van der Waals surface area contributed by atoms with Gasteiger partial charge in [-0.1, -0.05) is 5.16 Å². The van der Waals surface area contributed by atoms with E-state index < -0.39 is 0 Å². The zero-order valence-corrected chi connectivity index (χ0v) is 18.1. The highest BCUT2D eigenvalue weighted by molar-refractivity contribution is 14.0. The lowest BCUT2D eigenvalue weighted by Gasteiger charge is -2.20. The summed E-state index contributed by atoms with van der Waals surface area (Å²) in [5.74, 6) is 1.99. The molecule has 0 atom stereocenters. The van der Waals surface area contributed by atoms with E-state index in [0.717, 1.165) is 30.5 Å². The Hall–Kier alpha value is -1.23. The van der Waals surface area contributed by atoms with Crippen molar-refractivity contribution in [1.82, 2.24) is 25.3 Å². The van der Waals surface area contributed by atoms with Gasteiger partial charge in [-0.2, -0.15) is 4.98 Å². The van der Waals surface area contributed by atoms with Crippen molar-refractivity contribution in [1.29, 1.82) is 0 Å². The van der Waals surface area contributed by atoms with Crippen LogP contribution in [-0.4, -0.2) is 39.6 Å². The Morgan fingerprint density at radius 2 is 2.12 bits per heavy atom. The van der Waals surface area contributed by atoms with Gasteiger partial charge in [0, 0.05) is 25.4 Å². The van der Waals surface area contributed by atoms with Gasteiger partial charge in [-0.15, -0.1) is 35.3 Å². The summed E-state index contributed by atoms with van der Waals surface area (Å²) in [5.41, 5.74) is 1.30.